The van der Waals surface area contributed by atoms with E-state index in [1.54, 1.807) is 0 Å². The van der Waals surface area contributed by atoms with E-state index < -0.39 is 0 Å². The number of ether oxygens (including phenoxy) is 1. The monoisotopic (exact) mass is 241 g/mol. The average Bonchev–Trinajstić information content (AvgIpc) is 2.26. The van der Waals surface area contributed by atoms with Crippen LogP contribution in [-0.4, -0.2) is 19.2 Å². The molecule has 1 saturated carbocycles. The molecule has 1 fully saturated rings. The van der Waals surface area contributed by atoms with Crippen LogP contribution in [-0.2, 0) is 4.74 Å². The standard InChI is InChI=1S/C14H27NO2/c1-14(2,3)9-10-17-13(16)15-11-12-7-5-4-6-8-12/h12H,4-11H2,1-3H3,(H,15,16). The number of alkyl carbamates (subject to hydrolysis) is 1. The lowest BCUT2D eigenvalue weighted by atomic mass is 9.89. The van der Waals surface area contributed by atoms with Gasteiger partial charge in [-0.3, -0.25) is 0 Å². The first-order valence-electron chi connectivity index (χ1n) is 6.88. The quantitative estimate of drug-likeness (QED) is 0.814. The first-order valence-corrected chi connectivity index (χ1v) is 6.88. The van der Waals surface area contributed by atoms with Crippen molar-refractivity contribution in [3.63, 3.8) is 0 Å². The highest BCUT2D eigenvalue weighted by atomic mass is 16.5. The normalized spacial score (nSPS) is 17.8. The van der Waals surface area contributed by atoms with Crippen molar-refractivity contribution in [1.82, 2.24) is 5.32 Å². The molecule has 0 aliphatic heterocycles. The maximum atomic E-state index is 11.4. The topological polar surface area (TPSA) is 38.3 Å². The molecule has 0 heterocycles. The van der Waals surface area contributed by atoms with E-state index in [0.717, 1.165) is 13.0 Å². The predicted molar refractivity (Wildman–Crippen MR) is 70.0 cm³/mol. The lowest BCUT2D eigenvalue weighted by molar-refractivity contribution is 0.129. The van der Waals surface area contributed by atoms with Gasteiger partial charge in [0.05, 0.1) is 6.61 Å². The number of hydrogen-bond donors (Lipinski definition) is 1. The van der Waals surface area contributed by atoms with Crippen molar-refractivity contribution in [3.05, 3.63) is 0 Å². The summed E-state index contributed by atoms with van der Waals surface area (Å²) in [6.45, 7) is 7.75. The molecule has 1 rings (SSSR count). The van der Waals surface area contributed by atoms with Crippen LogP contribution in [0.4, 0.5) is 4.79 Å². The Labute approximate surface area is 105 Å². The Morgan fingerprint density at radius 3 is 2.47 bits per heavy atom. The maximum absolute atomic E-state index is 11.4. The van der Waals surface area contributed by atoms with Gasteiger partial charge in [0.1, 0.15) is 0 Å². The Morgan fingerprint density at radius 2 is 1.88 bits per heavy atom. The van der Waals surface area contributed by atoms with Gasteiger partial charge >= 0.3 is 6.09 Å². The summed E-state index contributed by atoms with van der Waals surface area (Å²) < 4.78 is 5.16. The van der Waals surface area contributed by atoms with Crippen molar-refractivity contribution in [2.75, 3.05) is 13.2 Å². The number of amides is 1. The van der Waals surface area contributed by atoms with Crippen LogP contribution in [0.3, 0.4) is 0 Å². The molecule has 1 aliphatic rings. The first kappa shape index (κ1) is 14.3. The zero-order chi connectivity index (χ0) is 12.7. The minimum absolute atomic E-state index is 0.226. The fourth-order valence-corrected chi connectivity index (χ4v) is 2.12. The second-order valence-electron chi connectivity index (χ2n) is 6.33. The van der Waals surface area contributed by atoms with Gasteiger partial charge in [0.15, 0.2) is 0 Å². The van der Waals surface area contributed by atoms with Crippen LogP contribution in [0.1, 0.15) is 59.3 Å². The Bertz CT molecular complexity index is 227. The molecule has 0 spiro atoms. The molecule has 1 amide bonds. The van der Waals surface area contributed by atoms with Crippen LogP contribution in [0.5, 0.6) is 0 Å². The molecule has 3 nitrogen and oxygen atoms in total. The number of hydrogen-bond acceptors (Lipinski definition) is 2. The van der Waals surface area contributed by atoms with E-state index in [1.807, 2.05) is 0 Å². The summed E-state index contributed by atoms with van der Waals surface area (Å²) in [6, 6.07) is 0. The third-order valence-electron chi connectivity index (χ3n) is 3.35. The van der Waals surface area contributed by atoms with E-state index in [-0.39, 0.29) is 11.5 Å². The van der Waals surface area contributed by atoms with Crippen LogP contribution in [0.15, 0.2) is 0 Å². The summed E-state index contributed by atoms with van der Waals surface area (Å²) in [5, 5.41) is 2.88. The Balaban J connectivity index is 2.04. The summed E-state index contributed by atoms with van der Waals surface area (Å²) in [5.74, 6) is 0.666. The number of carbonyl (C=O) groups excluding carboxylic acids is 1. The number of nitrogens with one attached hydrogen (secondary N) is 1. The second-order valence-corrected chi connectivity index (χ2v) is 6.33. The van der Waals surface area contributed by atoms with Gasteiger partial charge in [-0.2, -0.15) is 0 Å². The molecule has 100 valence electrons. The van der Waals surface area contributed by atoms with Gasteiger partial charge in [0.25, 0.3) is 0 Å². The highest BCUT2D eigenvalue weighted by Crippen LogP contribution is 2.22. The van der Waals surface area contributed by atoms with E-state index >= 15 is 0 Å². The van der Waals surface area contributed by atoms with Crippen LogP contribution >= 0.6 is 0 Å². The van der Waals surface area contributed by atoms with Crippen LogP contribution in [0.2, 0.25) is 0 Å². The summed E-state index contributed by atoms with van der Waals surface area (Å²) >= 11 is 0. The van der Waals surface area contributed by atoms with Crippen molar-refractivity contribution in [2.24, 2.45) is 11.3 Å². The van der Waals surface area contributed by atoms with Gasteiger partial charge in [0.2, 0.25) is 0 Å². The van der Waals surface area contributed by atoms with E-state index in [1.165, 1.54) is 32.1 Å². The molecule has 0 aromatic heterocycles. The summed E-state index contributed by atoms with van der Waals surface area (Å²) in [4.78, 5) is 11.4. The molecule has 1 N–H and O–H groups in total. The maximum Gasteiger partial charge on any atom is 0.407 e. The van der Waals surface area contributed by atoms with Gasteiger partial charge in [-0.05, 0) is 30.6 Å². The Kier molecular flexibility index (Phi) is 5.79. The molecule has 0 saturated heterocycles. The Morgan fingerprint density at radius 1 is 1.24 bits per heavy atom. The summed E-state index contributed by atoms with van der Waals surface area (Å²) in [6.07, 6.45) is 7.14. The van der Waals surface area contributed by atoms with Crippen LogP contribution in [0, 0.1) is 11.3 Å². The fourth-order valence-electron chi connectivity index (χ4n) is 2.12. The molecule has 3 heteroatoms. The van der Waals surface area contributed by atoms with Gasteiger partial charge in [0, 0.05) is 6.54 Å². The van der Waals surface area contributed by atoms with Crippen molar-refractivity contribution in [1.29, 1.82) is 0 Å². The van der Waals surface area contributed by atoms with Crippen molar-refractivity contribution < 1.29 is 9.53 Å². The number of rotatable bonds is 4. The molecule has 0 aromatic carbocycles. The third-order valence-corrected chi connectivity index (χ3v) is 3.35. The molecule has 1 aliphatic carbocycles. The van der Waals surface area contributed by atoms with Crippen molar-refractivity contribution in [2.45, 2.75) is 59.3 Å². The number of carbonyl (C=O) groups is 1. The van der Waals surface area contributed by atoms with Crippen LogP contribution < -0.4 is 5.32 Å². The minimum Gasteiger partial charge on any atom is -0.450 e. The van der Waals surface area contributed by atoms with Gasteiger partial charge in [-0.1, -0.05) is 40.0 Å². The zero-order valence-corrected chi connectivity index (χ0v) is 11.6. The minimum atomic E-state index is -0.250. The molecule has 0 unspecified atom stereocenters. The SMILES string of the molecule is CC(C)(C)CCOC(=O)NCC1CCCCC1. The highest BCUT2D eigenvalue weighted by molar-refractivity contribution is 5.67. The first-order chi connectivity index (χ1) is 7.97. The smallest absolute Gasteiger partial charge is 0.407 e. The molecule has 17 heavy (non-hydrogen) atoms. The Hall–Kier alpha value is -0.730. The lowest BCUT2D eigenvalue weighted by Crippen LogP contribution is -2.31. The van der Waals surface area contributed by atoms with Crippen LogP contribution in [0.25, 0.3) is 0 Å². The van der Waals surface area contributed by atoms with Crippen molar-refractivity contribution in [3.8, 4) is 0 Å². The molecular weight excluding hydrogens is 214 g/mol. The van der Waals surface area contributed by atoms with E-state index in [2.05, 4.69) is 26.1 Å². The summed E-state index contributed by atoms with van der Waals surface area (Å²) in [7, 11) is 0. The fraction of sp³-hybridized carbons (Fsp3) is 0.929. The van der Waals surface area contributed by atoms with E-state index in [4.69, 9.17) is 4.74 Å². The molecular formula is C14H27NO2. The highest BCUT2D eigenvalue weighted by Gasteiger charge is 2.15. The average molecular weight is 241 g/mol. The molecule has 0 bridgehead atoms. The lowest BCUT2D eigenvalue weighted by Gasteiger charge is -2.22. The molecule has 0 atom stereocenters. The van der Waals surface area contributed by atoms with E-state index in [0.29, 0.717) is 12.5 Å². The van der Waals surface area contributed by atoms with Gasteiger partial charge < -0.3 is 10.1 Å². The summed E-state index contributed by atoms with van der Waals surface area (Å²) in [5.41, 5.74) is 0.226. The molecule has 0 aromatic rings. The van der Waals surface area contributed by atoms with Crippen molar-refractivity contribution >= 4 is 6.09 Å². The van der Waals surface area contributed by atoms with Gasteiger partial charge in [-0.15, -0.1) is 0 Å². The predicted octanol–water partition coefficient (Wildman–Crippen LogP) is 3.73. The molecule has 0 radical (unpaired) electrons. The third kappa shape index (κ3) is 7.24. The van der Waals surface area contributed by atoms with E-state index in [9.17, 15) is 4.79 Å². The second kappa shape index (κ2) is 6.87. The largest absolute Gasteiger partial charge is 0.450 e. The van der Waals surface area contributed by atoms with Gasteiger partial charge in [-0.25, -0.2) is 4.79 Å². The zero-order valence-electron chi connectivity index (χ0n) is 11.6.